The van der Waals surface area contributed by atoms with Gasteiger partial charge in [-0.3, -0.25) is 0 Å². The Morgan fingerprint density at radius 3 is 2.86 bits per heavy atom. The first-order valence-electron chi connectivity index (χ1n) is 7.62. The van der Waals surface area contributed by atoms with Crippen LogP contribution in [0.25, 0.3) is 0 Å². The number of aryl methyl sites for hydroxylation is 1. The largest absolute Gasteiger partial charge is 0.355 e. The van der Waals surface area contributed by atoms with Gasteiger partial charge in [0.05, 0.1) is 6.54 Å². The molecule has 21 heavy (non-hydrogen) atoms. The van der Waals surface area contributed by atoms with Crippen molar-refractivity contribution in [2.45, 2.75) is 53.1 Å². The second-order valence-electron chi connectivity index (χ2n) is 5.30. The van der Waals surface area contributed by atoms with Crippen LogP contribution in [-0.2, 0) is 13.0 Å². The molecule has 0 spiro atoms. The van der Waals surface area contributed by atoms with Gasteiger partial charge < -0.3 is 15.2 Å². The molecule has 1 aromatic rings. The minimum absolute atomic E-state index is 0.391. The fraction of sp³-hybridized carbons (Fsp3) is 0.667. The molecule has 1 heterocycles. The average Bonchev–Trinajstić information content (AvgIpc) is 2.91. The summed E-state index contributed by atoms with van der Waals surface area (Å²) in [5.74, 6) is 1.84. The molecule has 0 saturated heterocycles. The van der Waals surface area contributed by atoms with Crippen molar-refractivity contribution in [3.63, 3.8) is 0 Å². The molecule has 0 aliphatic heterocycles. The van der Waals surface area contributed by atoms with E-state index >= 15 is 0 Å². The van der Waals surface area contributed by atoms with E-state index in [0.29, 0.717) is 12.6 Å². The molecule has 0 aromatic carbocycles. The predicted molar refractivity (Wildman–Crippen MR) is 87.4 cm³/mol. The van der Waals surface area contributed by atoms with Crippen molar-refractivity contribution in [2.75, 3.05) is 13.1 Å². The molecule has 118 valence electrons. The van der Waals surface area contributed by atoms with E-state index in [-0.39, 0.29) is 0 Å². The van der Waals surface area contributed by atoms with Gasteiger partial charge in [-0.15, -0.1) is 10.2 Å². The van der Waals surface area contributed by atoms with E-state index in [1.54, 1.807) is 6.33 Å². The van der Waals surface area contributed by atoms with E-state index < -0.39 is 0 Å². The van der Waals surface area contributed by atoms with Gasteiger partial charge in [-0.2, -0.15) is 0 Å². The molecular formula is C15H28N6. The van der Waals surface area contributed by atoms with Crippen molar-refractivity contribution >= 4 is 5.96 Å². The van der Waals surface area contributed by atoms with Crippen LogP contribution in [0.4, 0.5) is 0 Å². The van der Waals surface area contributed by atoms with E-state index in [9.17, 15) is 0 Å². The number of hydrogen-bond donors (Lipinski definition) is 2. The van der Waals surface area contributed by atoms with Gasteiger partial charge in [0.2, 0.25) is 0 Å². The Morgan fingerprint density at radius 1 is 1.48 bits per heavy atom. The fourth-order valence-corrected chi connectivity index (χ4v) is 1.74. The maximum atomic E-state index is 4.53. The average molecular weight is 292 g/mol. The van der Waals surface area contributed by atoms with Crippen LogP contribution in [0.3, 0.4) is 0 Å². The third-order valence-electron chi connectivity index (χ3n) is 3.16. The van der Waals surface area contributed by atoms with E-state index in [1.165, 1.54) is 0 Å². The molecule has 2 N–H and O–H groups in total. The first-order chi connectivity index (χ1) is 10.1. The molecule has 0 saturated carbocycles. The van der Waals surface area contributed by atoms with E-state index in [0.717, 1.165) is 43.3 Å². The number of aromatic nitrogens is 3. The van der Waals surface area contributed by atoms with Crippen LogP contribution in [0.2, 0.25) is 0 Å². The quantitative estimate of drug-likeness (QED) is 0.435. The van der Waals surface area contributed by atoms with Crippen LogP contribution in [0.5, 0.6) is 0 Å². The highest BCUT2D eigenvalue weighted by Crippen LogP contribution is 1.95. The minimum atomic E-state index is 0.391. The standard InChI is InChI=1S/C15H28N6/c1-6-13(5)19-15(17-10-12(3)4)16-8-9-21-11-18-20-14(21)7-2/h11,13H,3,6-10H2,1-2,4-5H3,(H2,16,17,19). The summed E-state index contributed by atoms with van der Waals surface area (Å²) in [7, 11) is 0. The second-order valence-corrected chi connectivity index (χ2v) is 5.30. The Labute approximate surface area is 127 Å². The lowest BCUT2D eigenvalue weighted by Gasteiger charge is -2.17. The highest BCUT2D eigenvalue weighted by molar-refractivity contribution is 5.80. The van der Waals surface area contributed by atoms with Gasteiger partial charge in [-0.25, -0.2) is 4.99 Å². The zero-order chi connectivity index (χ0) is 15.7. The molecule has 0 aliphatic carbocycles. The molecular weight excluding hydrogens is 264 g/mol. The van der Waals surface area contributed by atoms with Crippen molar-refractivity contribution in [1.29, 1.82) is 0 Å². The summed E-state index contributed by atoms with van der Waals surface area (Å²) in [6, 6.07) is 0.391. The summed E-state index contributed by atoms with van der Waals surface area (Å²) in [6.45, 7) is 14.5. The van der Waals surface area contributed by atoms with E-state index in [4.69, 9.17) is 0 Å². The van der Waals surface area contributed by atoms with Crippen molar-refractivity contribution in [1.82, 2.24) is 25.4 Å². The number of nitrogens with one attached hydrogen (secondary N) is 2. The predicted octanol–water partition coefficient (Wildman–Crippen LogP) is 1.75. The highest BCUT2D eigenvalue weighted by atomic mass is 15.3. The summed E-state index contributed by atoms with van der Waals surface area (Å²) >= 11 is 0. The van der Waals surface area contributed by atoms with Crippen LogP contribution < -0.4 is 10.6 Å². The summed E-state index contributed by atoms with van der Waals surface area (Å²) in [6.07, 6.45) is 3.72. The SMILES string of the molecule is C=C(C)CN=C(NCCn1cnnc1CC)NC(C)CC. The molecule has 1 atom stereocenters. The topological polar surface area (TPSA) is 67.1 Å². The lowest BCUT2D eigenvalue weighted by atomic mass is 10.3. The van der Waals surface area contributed by atoms with Gasteiger partial charge in [0.15, 0.2) is 5.96 Å². The highest BCUT2D eigenvalue weighted by Gasteiger charge is 2.05. The van der Waals surface area contributed by atoms with E-state index in [2.05, 4.69) is 57.7 Å². The molecule has 0 radical (unpaired) electrons. The Hall–Kier alpha value is -1.85. The number of nitrogens with zero attached hydrogens (tertiary/aromatic N) is 4. The molecule has 1 rings (SSSR count). The molecule has 1 aromatic heterocycles. The summed E-state index contributed by atoms with van der Waals surface area (Å²) in [5.41, 5.74) is 1.05. The van der Waals surface area contributed by atoms with Crippen molar-refractivity contribution < 1.29 is 0 Å². The lowest BCUT2D eigenvalue weighted by molar-refractivity contribution is 0.600. The normalized spacial score (nSPS) is 13.0. The Kier molecular flexibility index (Phi) is 7.50. The van der Waals surface area contributed by atoms with Crippen LogP contribution >= 0.6 is 0 Å². The zero-order valence-corrected chi connectivity index (χ0v) is 13.7. The number of rotatable bonds is 8. The first kappa shape index (κ1) is 17.2. The monoisotopic (exact) mass is 292 g/mol. The number of guanidine groups is 1. The number of hydrogen-bond acceptors (Lipinski definition) is 3. The van der Waals surface area contributed by atoms with Crippen LogP contribution in [0.15, 0.2) is 23.5 Å². The van der Waals surface area contributed by atoms with Crippen molar-refractivity contribution in [2.24, 2.45) is 4.99 Å². The van der Waals surface area contributed by atoms with Crippen molar-refractivity contribution in [3.05, 3.63) is 24.3 Å². The molecule has 6 heteroatoms. The maximum Gasteiger partial charge on any atom is 0.191 e. The molecule has 0 aliphatic rings. The van der Waals surface area contributed by atoms with Crippen LogP contribution in [-0.4, -0.2) is 39.9 Å². The Morgan fingerprint density at radius 2 is 2.24 bits per heavy atom. The molecule has 0 bridgehead atoms. The van der Waals surface area contributed by atoms with Gasteiger partial charge in [-0.1, -0.05) is 26.0 Å². The van der Waals surface area contributed by atoms with Crippen LogP contribution in [0, 0.1) is 0 Å². The van der Waals surface area contributed by atoms with Crippen molar-refractivity contribution in [3.8, 4) is 0 Å². The first-order valence-corrected chi connectivity index (χ1v) is 7.62. The summed E-state index contributed by atoms with van der Waals surface area (Å²) < 4.78 is 2.06. The van der Waals surface area contributed by atoms with Gasteiger partial charge in [0.25, 0.3) is 0 Å². The van der Waals surface area contributed by atoms with E-state index in [1.807, 2.05) is 6.92 Å². The maximum absolute atomic E-state index is 4.53. The fourth-order valence-electron chi connectivity index (χ4n) is 1.74. The molecule has 0 fully saturated rings. The van der Waals surface area contributed by atoms with Gasteiger partial charge in [0, 0.05) is 25.6 Å². The number of aliphatic imine (C=N–C) groups is 1. The molecule has 0 amide bonds. The third kappa shape index (κ3) is 6.42. The van der Waals surface area contributed by atoms with Gasteiger partial charge in [-0.05, 0) is 20.3 Å². The Balaban J connectivity index is 2.52. The van der Waals surface area contributed by atoms with Gasteiger partial charge >= 0.3 is 0 Å². The zero-order valence-electron chi connectivity index (χ0n) is 13.7. The minimum Gasteiger partial charge on any atom is -0.355 e. The third-order valence-corrected chi connectivity index (χ3v) is 3.16. The van der Waals surface area contributed by atoms with Crippen LogP contribution in [0.1, 0.15) is 39.9 Å². The lowest BCUT2D eigenvalue weighted by Crippen LogP contribution is -2.43. The molecule has 1 unspecified atom stereocenters. The molecule has 6 nitrogen and oxygen atoms in total. The second kappa shape index (κ2) is 9.15. The summed E-state index contributed by atoms with van der Waals surface area (Å²) in [4.78, 5) is 4.53. The Bertz CT molecular complexity index is 462. The smallest absolute Gasteiger partial charge is 0.191 e. The van der Waals surface area contributed by atoms with Gasteiger partial charge in [0.1, 0.15) is 12.2 Å². The summed E-state index contributed by atoms with van der Waals surface area (Å²) in [5, 5.41) is 14.8.